The summed E-state index contributed by atoms with van der Waals surface area (Å²) in [6, 6.07) is 1.48. The summed E-state index contributed by atoms with van der Waals surface area (Å²) >= 11 is 6.17. The van der Waals surface area contributed by atoms with Crippen molar-refractivity contribution in [3.05, 3.63) is 16.7 Å². The number of aromatic hydroxyl groups is 1. The van der Waals surface area contributed by atoms with Gasteiger partial charge in [0.05, 0.1) is 19.2 Å². The monoisotopic (exact) mass is 257 g/mol. The Balaban J connectivity index is 2.56. The van der Waals surface area contributed by atoms with Gasteiger partial charge in [-0.2, -0.15) is 0 Å². The number of phenols is 1. The molecule has 94 valence electrons. The molecular formula is C12H16ClNO3. The van der Waals surface area contributed by atoms with E-state index in [9.17, 15) is 5.11 Å². The summed E-state index contributed by atoms with van der Waals surface area (Å²) < 4.78 is 10.6. The lowest BCUT2D eigenvalue weighted by Gasteiger charge is -2.19. The maximum absolute atomic E-state index is 9.80. The molecule has 17 heavy (non-hydrogen) atoms. The quantitative estimate of drug-likeness (QED) is 0.871. The number of hydrogen-bond donors (Lipinski definition) is 2. The highest BCUT2D eigenvalue weighted by molar-refractivity contribution is 6.33. The molecule has 0 aromatic heterocycles. The SMILES string of the molecule is COc1cc(O)c(Cl)c(C2CCNC2)c1OC. The van der Waals surface area contributed by atoms with Gasteiger partial charge in [0.15, 0.2) is 11.5 Å². The van der Waals surface area contributed by atoms with Crippen LogP contribution in [0.15, 0.2) is 6.07 Å². The van der Waals surface area contributed by atoms with Crippen LogP contribution in [0.1, 0.15) is 17.9 Å². The molecule has 2 N–H and O–H groups in total. The van der Waals surface area contributed by atoms with Crippen molar-refractivity contribution in [1.82, 2.24) is 5.32 Å². The van der Waals surface area contributed by atoms with Crippen molar-refractivity contribution in [2.24, 2.45) is 0 Å². The van der Waals surface area contributed by atoms with Crippen LogP contribution in [0.4, 0.5) is 0 Å². The Morgan fingerprint density at radius 2 is 2.18 bits per heavy atom. The highest BCUT2D eigenvalue weighted by Crippen LogP contribution is 2.46. The van der Waals surface area contributed by atoms with Crippen molar-refractivity contribution in [3.8, 4) is 17.2 Å². The lowest BCUT2D eigenvalue weighted by molar-refractivity contribution is 0.346. The van der Waals surface area contributed by atoms with Crippen molar-refractivity contribution in [2.75, 3.05) is 27.3 Å². The van der Waals surface area contributed by atoms with E-state index in [0.717, 1.165) is 25.1 Å². The first kappa shape index (κ1) is 12.3. The smallest absolute Gasteiger partial charge is 0.166 e. The first-order valence-corrected chi connectivity index (χ1v) is 5.90. The lowest BCUT2D eigenvalue weighted by Crippen LogP contribution is -2.09. The highest BCUT2D eigenvalue weighted by atomic mass is 35.5. The molecule has 4 nitrogen and oxygen atoms in total. The third-order valence-corrected chi connectivity index (χ3v) is 3.49. The van der Waals surface area contributed by atoms with Gasteiger partial charge in [-0.15, -0.1) is 0 Å². The Kier molecular flexibility index (Phi) is 3.64. The third-order valence-electron chi connectivity index (χ3n) is 3.09. The number of ether oxygens (including phenoxy) is 2. The van der Waals surface area contributed by atoms with Gasteiger partial charge in [0.2, 0.25) is 0 Å². The van der Waals surface area contributed by atoms with Crippen LogP contribution in [0.2, 0.25) is 5.02 Å². The molecule has 1 aromatic rings. The van der Waals surface area contributed by atoms with E-state index >= 15 is 0 Å². The van der Waals surface area contributed by atoms with Gasteiger partial charge in [-0.25, -0.2) is 0 Å². The van der Waals surface area contributed by atoms with E-state index in [0.29, 0.717) is 16.5 Å². The minimum absolute atomic E-state index is 0.0335. The number of phenolic OH excluding ortho intramolecular Hbond substituents is 1. The van der Waals surface area contributed by atoms with Crippen LogP contribution < -0.4 is 14.8 Å². The van der Waals surface area contributed by atoms with Crippen LogP contribution in [0.3, 0.4) is 0 Å². The molecule has 1 heterocycles. The van der Waals surface area contributed by atoms with Gasteiger partial charge in [-0.3, -0.25) is 0 Å². The Morgan fingerprint density at radius 1 is 1.41 bits per heavy atom. The standard InChI is InChI=1S/C12H16ClNO3/c1-16-9-5-8(15)11(13)10(12(9)17-2)7-3-4-14-6-7/h5,7,14-15H,3-4,6H2,1-2H3. The van der Waals surface area contributed by atoms with Crippen LogP contribution in [0.25, 0.3) is 0 Å². The number of methoxy groups -OCH3 is 2. The van der Waals surface area contributed by atoms with Crippen LogP contribution in [0.5, 0.6) is 17.2 Å². The van der Waals surface area contributed by atoms with Crippen molar-refractivity contribution in [1.29, 1.82) is 0 Å². The molecule has 1 fully saturated rings. The molecule has 1 aliphatic rings. The van der Waals surface area contributed by atoms with Crippen LogP contribution >= 0.6 is 11.6 Å². The maximum Gasteiger partial charge on any atom is 0.166 e. The van der Waals surface area contributed by atoms with Gasteiger partial charge in [0, 0.05) is 24.1 Å². The summed E-state index contributed by atoms with van der Waals surface area (Å²) in [5.74, 6) is 1.41. The van der Waals surface area contributed by atoms with E-state index in [1.54, 1.807) is 14.2 Å². The summed E-state index contributed by atoms with van der Waals surface area (Å²) in [7, 11) is 3.12. The summed E-state index contributed by atoms with van der Waals surface area (Å²) in [6.07, 6.45) is 0.975. The molecule has 0 bridgehead atoms. The summed E-state index contributed by atoms with van der Waals surface area (Å²) in [5, 5.41) is 13.4. The molecular weight excluding hydrogens is 242 g/mol. The number of halogens is 1. The maximum atomic E-state index is 9.80. The molecule has 1 unspecified atom stereocenters. The molecule has 1 atom stereocenters. The third kappa shape index (κ3) is 2.15. The van der Waals surface area contributed by atoms with Crippen LogP contribution in [-0.2, 0) is 0 Å². The summed E-state index contributed by atoms with van der Waals surface area (Å²) in [6.45, 7) is 1.78. The molecule has 1 saturated heterocycles. The predicted octanol–water partition coefficient (Wildman–Crippen LogP) is 2.14. The minimum atomic E-state index is 0.0335. The van der Waals surface area contributed by atoms with Gasteiger partial charge in [-0.1, -0.05) is 11.6 Å². The molecule has 2 rings (SSSR count). The highest BCUT2D eigenvalue weighted by Gasteiger charge is 2.27. The topological polar surface area (TPSA) is 50.7 Å². The average molecular weight is 258 g/mol. The lowest BCUT2D eigenvalue weighted by atomic mass is 9.96. The molecule has 1 aromatic carbocycles. The number of nitrogens with one attached hydrogen (secondary N) is 1. The zero-order valence-electron chi connectivity index (χ0n) is 9.92. The fraction of sp³-hybridized carbons (Fsp3) is 0.500. The van der Waals surface area contributed by atoms with Crippen LogP contribution in [0, 0.1) is 0 Å². The zero-order chi connectivity index (χ0) is 12.4. The molecule has 0 saturated carbocycles. The van der Waals surface area contributed by atoms with Crippen molar-refractivity contribution >= 4 is 11.6 Å². The second kappa shape index (κ2) is 5.02. The van der Waals surface area contributed by atoms with Gasteiger partial charge in [0.25, 0.3) is 0 Å². The van der Waals surface area contributed by atoms with E-state index in [-0.39, 0.29) is 11.7 Å². The molecule has 0 amide bonds. The fourth-order valence-corrected chi connectivity index (χ4v) is 2.55. The Bertz CT molecular complexity index is 417. The Hall–Kier alpha value is -1.13. The minimum Gasteiger partial charge on any atom is -0.506 e. The summed E-state index contributed by atoms with van der Waals surface area (Å²) in [5.41, 5.74) is 0.830. The van der Waals surface area contributed by atoms with Crippen LogP contribution in [-0.4, -0.2) is 32.4 Å². The number of benzene rings is 1. The van der Waals surface area contributed by atoms with Gasteiger partial charge in [0.1, 0.15) is 5.75 Å². The van der Waals surface area contributed by atoms with Crippen molar-refractivity contribution < 1.29 is 14.6 Å². The Labute approximate surface area is 105 Å². The second-order valence-electron chi connectivity index (χ2n) is 4.05. The Morgan fingerprint density at radius 3 is 2.71 bits per heavy atom. The summed E-state index contributed by atoms with van der Waals surface area (Å²) in [4.78, 5) is 0. The van der Waals surface area contributed by atoms with Crippen molar-refractivity contribution in [2.45, 2.75) is 12.3 Å². The first-order chi connectivity index (χ1) is 8.19. The van der Waals surface area contributed by atoms with Gasteiger partial charge < -0.3 is 19.9 Å². The van der Waals surface area contributed by atoms with E-state index < -0.39 is 0 Å². The molecule has 1 aliphatic heterocycles. The normalized spacial score (nSPS) is 19.4. The fourth-order valence-electron chi connectivity index (χ4n) is 2.25. The molecule has 0 radical (unpaired) electrons. The molecule has 0 spiro atoms. The predicted molar refractivity (Wildman–Crippen MR) is 66.4 cm³/mol. The number of rotatable bonds is 3. The second-order valence-corrected chi connectivity index (χ2v) is 4.43. The van der Waals surface area contributed by atoms with E-state index in [4.69, 9.17) is 21.1 Å². The van der Waals surface area contributed by atoms with Gasteiger partial charge >= 0.3 is 0 Å². The molecule has 0 aliphatic carbocycles. The largest absolute Gasteiger partial charge is 0.506 e. The van der Waals surface area contributed by atoms with E-state index in [2.05, 4.69) is 5.32 Å². The average Bonchev–Trinajstić information content (AvgIpc) is 2.85. The van der Waals surface area contributed by atoms with E-state index in [1.165, 1.54) is 6.07 Å². The molecule has 5 heteroatoms. The zero-order valence-corrected chi connectivity index (χ0v) is 10.7. The number of hydrogen-bond acceptors (Lipinski definition) is 4. The van der Waals surface area contributed by atoms with E-state index in [1.807, 2.05) is 0 Å². The van der Waals surface area contributed by atoms with Crippen molar-refractivity contribution in [3.63, 3.8) is 0 Å². The van der Waals surface area contributed by atoms with Gasteiger partial charge in [-0.05, 0) is 13.0 Å². The first-order valence-electron chi connectivity index (χ1n) is 5.53.